The second-order valence-corrected chi connectivity index (χ2v) is 3.63. The van der Waals surface area contributed by atoms with Crippen molar-refractivity contribution in [3.63, 3.8) is 0 Å². The van der Waals surface area contributed by atoms with Gasteiger partial charge in [0, 0.05) is 30.8 Å². The van der Waals surface area contributed by atoms with E-state index >= 15 is 0 Å². The number of nitrogens with zero attached hydrogens (tertiary/aromatic N) is 1. The molecule has 0 fully saturated rings. The summed E-state index contributed by atoms with van der Waals surface area (Å²) < 4.78 is 2.78. The standard InChI is InChI=1S/C12H16N2S/c1-4-7-10-11(8-5-2)14(9-6-3)12(15)13-10/h4-6H,1-3,7-9H2,(H,13,15). The van der Waals surface area contributed by atoms with Crippen LogP contribution in [-0.4, -0.2) is 9.55 Å². The van der Waals surface area contributed by atoms with Crippen LogP contribution in [-0.2, 0) is 19.4 Å². The van der Waals surface area contributed by atoms with Crippen LogP contribution in [0.5, 0.6) is 0 Å². The first-order valence-electron chi connectivity index (χ1n) is 4.87. The molecule has 0 unspecified atom stereocenters. The molecule has 1 aromatic heterocycles. The maximum absolute atomic E-state index is 5.25. The normalized spacial score (nSPS) is 9.87. The Hall–Kier alpha value is -1.35. The maximum Gasteiger partial charge on any atom is 0.177 e. The lowest BCUT2D eigenvalue weighted by atomic mass is 10.2. The molecule has 0 spiro atoms. The molecule has 1 heterocycles. The third-order valence-electron chi connectivity index (χ3n) is 2.17. The van der Waals surface area contributed by atoms with Gasteiger partial charge in [-0.15, -0.1) is 19.7 Å². The number of allylic oxidation sites excluding steroid dienone is 3. The molecule has 0 amide bonds. The monoisotopic (exact) mass is 220 g/mol. The molecule has 80 valence electrons. The highest BCUT2D eigenvalue weighted by Crippen LogP contribution is 2.12. The summed E-state index contributed by atoms with van der Waals surface area (Å²) in [5, 5.41) is 0. The summed E-state index contributed by atoms with van der Waals surface area (Å²) in [4.78, 5) is 3.19. The van der Waals surface area contributed by atoms with E-state index in [4.69, 9.17) is 12.2 Å². The van der Waals surface area contributed by atoms with E-state index in [2.05, 4.69) is 24.7 Å². The van der Waals surface area contributed by atoms with Gasteiger partial charge in [-0.1, -0.05) is 18.2 Å². The lowest BCUT2D eigenvalue weighted by molar-refractivity contribution is 0.762. The zero-order chi connectivity index (χ0) is 11.3. The van der Waals surface area contributed by atoms with E-state index in [1.165, 1.54) is 5.69 Å². The minimum absolute atomic E-state index is 0.732. The van der Waals surface area contributed by atoms with Gasteiger partial charge in [0.25, 0.3) is 0 Å². The van der Waals surface area contributed by atoms with Crippen molar-refractivity contribution in [1.29, 1.82) is 0 Å². The fraction of sp³-hybridized carbons (Fsp3) is 0.250. The lowest BCUT2D eigenvalue weighted by Crippen LogP contribution is -2.02. The second kappa shape index (κ2) is 5.51. The fourth-order valence-corrected chi connectivity index (χ4v) is 1.87. The summed E-state index contributed by atoms with van der Waals surface area (Å²) in [6, 6.07) is 0. The molecule has 0 aliphatic rings. The van der Waals surface area contributed by atoms with Gasteiger partial charge in [0.15, 0.2) is 4.77 Å². The van der Waals surface area contributed by atoms with Crippen molar-refractivity contribution in [2.45, 2.75) is 19.4 Å². The molecule has 0 atom stereocenters. The van der Waals surface area contributed by atoms with Gasteiger partial charge in [0.05, 0.1) is 0 Å². The van der Waals surface area contributed by atoms with E-state index in [0.717, 1.165) is 29.9 Å². The summed E-state index contributed by atoms with van der Waals surface area (Å²) in [5.74, 6) is 0. The number of aromatic amines is 1. The predicted octanol–water partition coefficient (Wildman–Crippen LogP) is 3.19. The molecule has 0 saturated carbocycles. The van der Waals surface area contributed by atoms with Crippen LogP contribution in [0.2, 0.25) is 0 Å². The summed E-state index contributed by atoms with van der Waals surface area (Å²) >= 11 is 5.25. The van der Waals surface area contributed by atoms with Crippen LogP contribution in [0, 0.1) is 4.77 Å². The van der Waals surface area contributed by atoms with Gasteiger partial charge >= 0.3 is 0 Å². The van der Waals surface area contributed by atoms with Crippen LogP contribution in [0.15, 0.2) is 38.0 Å². The first-order valence-corrected chi connectivity index (χ1v) is 5.28. The van der Waals surface area contributed by atoms with Crippen molar-refractivity contribution in [2.75, 3.05) is 0 Å². The number of hydrogen-bond donors (Lipinski definition) is 1. The SMILES string of the molecule is C=CCc1[nH]c(=S)n(CC=C)c1CC=C. The Balaban J connectivity index is 3.22. The van der Waals surface area contributed by atoms with Crippen LogP contribution >= 0.6 is 12.2 Å². The van der Waals surface area contributed by atoms with Crippen molar-refractivity contribution in [2.24, 2.45) is 0 Å². The highest BCUT2D eigenvalue weighted by atomic mass is 32.1. The maximum atomic E-state index is 5.25. The molecule has 0 aliphatic carbocycles. The number of aromatic nitrogens is 2. The number of nitrogens with one attached hydrogen (secondary N) is 1. The first kappa shape index (κ1) is 11.7. The van der Waals surface area contributed by atoms with E-state index in [9.17, 15) is 0 Å². The summed E-state index contributed by atoms with van der Waals surface area (Å²) in [5.41, 5.74) is 2.30. The summed E-state index contributed by atoms with van der Waals surface area (Å²) in [6.45, 7) is 11.9. The van der Waals surface area contributed by atoms with Crippen molar-refractivity contribution in [1.82, 2.24) is 9.55 Å². The number of imidazole rings is 1. The lowest BCUT2D eigenvalue weighted by Gasteiger charge is -2.04. The minimum Gasteiger partial charge on any atom is -0.334 e. The number of rotatable bonds is 6. The Morgan fingerprint density at radius 3 is 2.33 bits per heavy atom. The molecule has 0 saturated heterocycles. The molecular weight excluding hydrogens is 204 g/mol. The first-order chi connectivity index (χ1) is 7.24. The number of hydrogen-bond acceptors (Lipinski definition) is 1. The minimum atomic E-state index is 0.732. The quantitative estimate of drug-likeness (QED) is 0.577. The van der Waals surface area contributed by atoms with Crippen molar-refractivity contribution >= 4 is 12.2 Å². The van der Waals surface area contributed by atoms with Crippen LogP contribution in [0.3, 0.4) is 0 Å². The molecule has 15 heavy (non-hydrogen) atoms. The van der Waals surface area contributed by atoms with E-state index in [1.54, 1.807) is 0 Å². The highest BCUT2D eigenvalue weighted by Gasteiger charge is 2.08. The largest absolute Gasteiger partial charge is 0.334 e. The van der Waals surface area contributed by atoms with Crippen LogP contribution in [0.4, 0.5) is 0 Å². The topological polar surface area (TPSA) is 20.7 Å². The summed E-state index contributed by atoms with van der Waals surface area (Å²) in [6.07, 6.45) is 7.20. The van der Waals surface area contributed by atoms with E-state index in [0.29, 0.717) is 0 Å². The average Bonchev–Trinajstić information content (AvgIpc) is 2.48. The molecule has 1 aromatic rings. The zero-order valence-electron chi connectivity index (χ0n) is 8.83. The third-order valence-corrected chi connectivity index (χ3v) is 2.50. The molecule has 1 N–H and O–H groups in total. The average molecular weight is 220 g/mol. The van der Waals surface area contributed by atoms with E-state index in [1.807, 2.05) is 22.8 Å². The second-order valence-electron chi connectivity index (χ2n) is 3.24. The molecule has 1 rings (SSSR count). The van der Waals surface area contributed by atoms with Crippen molar-refractivity contribution in [3.8, 4) is 0 Å². The van der Waals surface area contributed by atoms with Gasteiger partial charge in [0.2, 0.25) is 0 Å². The molecule has 0 radical (unpaired) electrons. The van der Waals surface area contributed by atoms with Crippen molar-refractivity contribution in [3.05, 3.63) is 54.1 Å². The Morgan fingerprint density at radius 1 is 1.13 bits per heavy atom. The van der Waals surface area contributed by atoms with Gasteiger partial charge in [0.1, 0.15) is 0 Å². The van der Waals surface area contributed by atoms with Crippen LogP contribution < -0.4 is 0 Å². The third kappa shape index (κ3) is 2.57. The van der Waals surface area contributed by atoms with Crippen molar-refractivity contribution < 1.29 is 0 Å². The van der Waals surface area contributed by atoms with Gasteiger partial charge < -0.3 is 9.55 Å². The van der Waals surface area contributed by atoms with Gasteiger partial charge in [-0.05, 0) is 12.2 Å². The Bertz CT molecular complexity index is 423. The van der Waals surface area contributed by atoms with Gasteiger partial charge in [-0.2, -0.15) is 0 Å². The van der Waals surface area contributed by atoms with Gasteiger partial charge in [-0.3, -0.25) is 0 Å². The molecule has 0 aliphatic heterocycles. The smallest absolute Gasteiger partial charge is 0.177 e. The molecule has 2 nitrogen and oxygen atoms in total. The Kier molecular flexibility index (Phi) is 4.31. The Morgan fingerprint density at radius 2 is 1.80 bits per heavy atom. The van der Waals surface area contributed by atoms with E-state index in [-0.39, 0.29) is 0 Å². The molecule has 3 heteroatoms. The molecule has 0 aromatic carbocycles. The highest BCUT2D eigenvalue weighted by molar-refractivity contribution is 7.71. The molecular formula is C12H16N2S. The predicted molar refractivity (Wildman–Crippen MR) is 67.6 cm³/mol. The van der Waals surface area contributed by atoms with Crippen LogP contribution in [0.1, 0.15) is 11.4 Å². The number of H-pyrrole nitrogens is 1. The van der Waals surface area contributed by atoms with Gasteiger partial charge in [-0.25, -0.2) is 0 Å². The molecule has 0 bridgehead atoms. The zero-order valence-corrected chi connectivity index (χ0v) is 9.65. The fourth-order valence-electron chi connectivity index (χ4n) is 1.56. The van der Waals surface area contributed by atoms with E-state index < -0.39 is 0 Å². The summed E-state index contributed by atoms with van der Waals surface area (Å²) in [7, 11) is 0. The van der Waals surface area contributed by atoms with Crippen LogP contribution in [0.25, 0.3) is 0 Å². The Labute approximate surface area is 95.6 Å².